The fraction of sp³-hybridized carbons (Fsp3) is 0.516. The average molecular weight is 600 g/mol. The lowest BCUT2D eigenvalue weighted by atomic mass is 9.86. The molecule has 3 aromatic rings. The van der Waals surface area contributed by atoms with Crippen LogP contribution in [-0.2, 0) is 22.5 Å². The summed E-state index contributed by atoms with van der Waals surface area (Å²) in [7, 11) is 4.39. The number of hydrogen-bond donors (Lipinski definition) is 0. The third kappa shape index (κ3) is 6.75. The molecule has 0 aliphatic carbocycles. The number of carbonyl (C=O) groups excluding carboxylic acids is 2. The monoisotopic (exact) mass is 599 g/mol. The van der Waals surface area contributed by atoms with E-state index in [0.717, 1.165) is 30.3 Å². The highest BCUT2D eigenvalue weighted by molar-refractivity contribution is 6.07. The summed E-state index contributed by atoms with van der Waals surface area (Å²) in [5, 5.41) is 4.46. The number of carbonyl (C=O) groups is 2. The first kappa shape index (κ1) is 30.7. The first-order chi connectivity index (χ1) is 20.6. The van der Waals surface area contributed by atoms with Crippen LogP contribution in [0.4, 0.5) is 19.3 Å². The third-order valence-corrected chi connectivity index (χ3v) is 8.43. The number of anilines is 1. The van der Waals surface area contributed by atoms with E-state index >= 15 is 0 Å². The van der Waals surface area contributed by atoms with E-state index < -0.39 is 18.6 Å². The van der Waals surface area contributed by atoms with Gasteiger partial charge < -0.3 is 14.2 Å². The molecular weight excluding hydrogens is 560 g/mol. The molecule has 3 amide bonds. The Kier molecular flexibility index (Phi) is 9.16. The van der Waals surface area contributed by atoms with Gasteiger partial charge in [0, 0.05) is 43.9 Å². The number of aromatic nitrogens is 2. The van der Waals surface area contributed by atoms with Crippen molar-refractivity contribution < 1.29 is 32.6 Å². The Morgan fingerprint density at radius 2 is 1.88 bits per heavy atom. The maximum absolute atomic E-state index is 14.1. The number of pyridine rings is 1. The Balaban J connectivity index is 1.30. The first-order valence-electron chi connectivity index (χ1n) is 14.5. The molecule has 2 fully saturated rings. The lowest BCUT2D eigenvalue weighted by Crippen LogP contribution is -2.52. The Hall–Kier alpha value is -3.77. The summed E-state index contributed by atoms with van der Waals surface area (Å²) in [6.45, 7) is 2.06. The highest BCUT2D eigenvalue weighted by Crippen LogP contribution is 2.32. The topological polar surface area (TPSA) is 88.9 Å². The molecule has 0 N–H and O–H groups in total. The summed E-state index contributed by atoms with van der Waals surface area (Å²) in [5.41, 5.74) is 3.18. The SMILES string of the molecule is COCC(F)(F)CN1CC[C@@H](Cc2ccn3ncc(N4CCC(=O)N(Cc5ccc(OC)cc5OC)C4=O)c3c2)C[C@@H]1C. The second kappa shape index (κ2) is 12.8. The normalized spacial score (nSPS) is 20.2. The van der Waals surface area contributed by atoms with Crippen molar-refractivity contribution in [2.45, 2.75) is 51.1 Å². The first-order valence-corrected chi connectivity index (χ1v) is 14.5. The number of likely N-dealkylation sites (tertiary alicyclic amines) is 1. The average Bonchev–Trinajstić information content (AvgIpc) is 3.39. The highest BCUT2D eigenvalue weighted by atomic mass is 19.3. The zero-order valence-electron chi connectivity index (χ0n) is 25.1. The fourth-order valence-corrected chi connectivity index (χ4v) is 6.19. The summed E-state index contributed by atoms with van der Waals surface area (Å²) >= 11 is 0. The van der Waals surface area contributed by atoms with E-state index in [1.807, 2.05) is 30.2 Å². The van der Waals surface area contributed by atoms with E-state index in [0.29, 0.717) is 35.2 Å². The van der Waals surface area contributed by atoms with Gasteiger partial charge >= 0.3 is 6.03 Å². The van der Waals surface area contributed by atoms with Crippen LogP contribution in [0.2, 0.25) is 0 Å². The maximum atomic E-state index is 14.1. The van der Waals surface area contributed by atoms with Crippen LogP contribution in [0.3, 0.4) is 0 Å². The molecule has 2 aromatic heterocycles. The van der Waals surface area contributed by atoms with Gasteiger partial charge in [0.15, 0.2) is 0 Å². The molecule has 12 heteroatoms. The van der Waals surface area contributed by atoms with E-state index in [4.69, 9.17) is 14.2 Å². The second-order valence-electron chi connectivity index (χ2n) is 11.4. The van der Waals surface area contributed by atoms with Gasteiger partial charge in [-0.15, -0.1) is 0 Å². The molecule has 0 unspecified atom stereocenters. The highest BCUT2D eigenvalue weighted by Gasteiger charge is 2.37. The number of methoxy groups -OCH3 is 3. The van der Waals surface area contributed by atoms with Crippen LogP contribution in [0.15, 0.2) is 42.7 Å². The van der Waals surface area contributed by atoms with Crippen molar-refractivity contribution in [3.63, 3.8) is 0 Å². The van der Waals surface area contributed by atoms with E-state index in [1.165, 1.54) is 19.1 Å². The van der Waals surface area contributed by atoms with Crippen molar-refractivity contribution in [1.29, 1.82) is 0 Å². The number of rotatable bonds is 11. The molecule has 10 nitrogen and oxygen atoms in total. The van der Waals surface area contributed by atoms with Gasteiger partial charge in [-0.25, -0.2) is 18.1 Å². The van der Waals surface area contributed by atoms with E-state index in [9.17, 15) is 18.4 Å². The Morgan fingerprint density at radius 3 is 2.60 bits per heavy atom. The summed E-state index contributed by atoms with van der Waals surface area (Å²) in [6.07, 6.45) is 6.14. The number of fused-ring (bicyclic) bond motifs is 1. The van der Waals surface area contributed by atoms with Crippen LogP contribution in [0.1, 0.15) is 37.3 Å². The number of nitrogens with zero attached hydrogens (tertiary/aromatic N) is 5. The van der Waals surface area contributed by atoms with E-state index in [1.54, 1.807) is 40.9 Å². The number of hydrogen-bond acceptors (Lipinski definition) is 7. The van der Waals surface area contributed by atoms with Crippen molar-refractivity contribution in [3.8, 4) is 11.5 Å². The zero-order valence-corrected chi connectivity index (χ0v) is 25.1. The number of alkyl halides is 2. The molecule has 5 rings (SSSR count). The second-order valence-corrected chi connectivity index (χ2v) is 11.4. The van der Waals surface area contributed by atoms with Crippen LogP contribution in [0.5, 0.6) is 11.5 Å². The predicted octanol–water partition coefficient (Wildman–Crippen LogP) is 4.64. The van der Waals surface area contributed by atoms with Crippen LogP contribution in [0.25, 0.3) is 5.52 Å². The van der Waals surface area contributed by atoms with Crippen molar-refractivity contribution in [1.82, 2.24) is 19.4 Å². The van der Waals surface area contributed by atoms with Crippen molar-refractivity contribution in [2.24, 2.45) is 5.92 Å². The van der Waals surface area contributed by atoms with Gasteiger partial charge in [-0.1, -0.05) is 0 Å². The minimum absolute atomic E-state index is 0.0366. The predicted molar refractivity (Wildman–Crippen MR) is 157 cm³/mol. The van der Waals surface area contributed by atoms with E-state index in [2.05, 4.69) is 5.10 Å². The van der Waals surface area contributed by atoms with Gasteiger partial charge in [-0.3, -0.25) is 19.5 Å². The largest absolute Gasteiger partial charge is 0.497 e. The van der Waals surface area contributed by atoms with Crippen molar-refractivity contribution in [3.05, 3.63) is 53.9 Å². The molecule has 2 saturated heterocycles. The van der Waals surface area contributed by atoms with Gasteiger partial charge in [-0.05, 0) is 68.5 Å². The van der Waals surface area contributed by atoms with Gasteiger partial charge in [0.1, 0.15) is 18.1 Å². The van der Waals surface area contributed by atoms with Crippen LogP contribution in [-0.4, -0.2) is 90.9 Å². The van der Waals surface area contributed by atoms with Crippen LogP contribution < -0.4 is 14.4 Å². The Morgan fingerprint density at radius 1 is 1.07 bits per heavy atom. The van der Waals surface area contributed by atoms with Gasteiger partial charge in [0.25, 0.3) is 5.92 Å². The third-order valence-electron chi connectivity index (χ3n) is 8.43. The minimum atomic E-state index is -2.87. The van der Waals surface area contributed by atoms with Crippen LogP contribution >= 0.6 is 0 Å². The van der Waals surface area contributed by atoms with Gasteiger partial charge in [-0.2, -0.15) is 5.10 Å². The number of imide groups is 1. The summed E-state index contributed by atoms with van der Waals surface area (Å²) in [5.74, 6) is -1.63. The standard InChI is InChI=1S/C31H39F2N5O5/c1-21-13-22(7-10-35(21)19-31(32,33)20-41-2)14-23-8-12-38-26(15-23)27(17-34-38)36-11-9-29(39)37(30(36)40)18-24-5-6-25(42-3)16-28(24)43-4/h5-6,8,12,15-17,21-22H,7,9-11,13-14,18-20H2,1-4H3/t21-,22+/m0/s1. The van der Waals surface area contributed by atoms with Crippen molar-refractivity contribution >= 4 is 23.1 Å². The maximum Gasteiger partial charge on any atom is 0.331 e. The number of urea groups is 1. The molecule has 4 heterocycles. The summed E-state index contributed by atoms with van der Waals surface area (Å²) < 4.78 is 45.4. The molecule has 43 heavy (non-hydrogen) atoms. The quantitative estimate of drug-likeness (QED) is 0.318. The number of amides is 3. The molecule has 0 radical (unpaired) electrons. The molecular formula is C31H39F2N5O5. The fourth-order valence-electron chi connectivity index (χ4n) is 6.19. The zero-order chi connectivity index (χ0) is 30.7. The van der Waals surface area contributed by atoms with E-state index in [-0.39, 0.29) is 38.0 Å². The number of halogens is 2. The smallest absolute Gasteiger partial charge is 0.331 e. The van der Waals surface area contributed by atoms with Crippen molar-refractivity contribution in [2.75, 3.05) is 52.5 Å². The molecule has 1 aromatic carbocycles. The molecule has 2 aliphatic rings. The lowest BCUT2D eigenvalue weighted by molar-refractivity contribution is -0.129. The molecule has 0 spiro atoms. The lowest BCUT2D eigenvalue weighted by Gasteiger charge is -2.39. The number of ether oxygens (including phenoxy) is 3. The van der Waals surface area contributed by atoms with Gasteiger partial charge in [0.2, 0.25) is 5.91 Å². The summed E-state index contributed by atoms with van der Waals surface area (Å²) in [4.78, 5) is 31.3. The number of benzene rings is 1. The molecule has 0 bridgehead atoms. The molecule has 0 saturated carbocycles. The Bertz CT molecular complexity index is 1460. The molecule has 2 atom stereocenters. The van der Waals surface area contributed by atoms with Crippen LogP contribution in [0, 0.1) is 5.92 Å². The minimum Gasteiger partial charge on any atom is -0.497 e. The number of piperidine rings is 1. The molecule has 232 valence electrons. The Labute approximate surface area is 250 Å². The summed E-state index contributed by atoms with van der Waals surface area (Å²) in [6, 6.07) is 8.94. The molecule has 2 aliphatic heterocycles. The van der Waals surface area contributed by atoms with Gasteiger partial charge in [0.05, 0.1) is 44.7 Å².